The average Bonchev–Trinajstić information content (AvgIpc) is 3.28. The lowest BCUT2D eigenvalue weighted by Crippen LogP contribution is -2.22. The molecule has 0 spiro atoms. The summed E-state index contributed by atoms with van der Waals surface area (Å²) in [6.07, 6.45) is 2.69. The number of para-hydroxylation sites is 1. The third-order valence-corrected chi connectivity index (χ3v) is 6.66. The smallest absolute Gasteiger partial charge is 0.220 e. The van der Waals surface area contributed by atoms with Gasteiger partial charge in [-0.1, -0.05) is 65.8 Å². The Kier molecular flexibility index (Phi) is 8.92. The van der Waals surface area contributed by atoms with Crippen LogP contribution in [0.3, 0.4) is 0 Å². The molecule has 5 nitrogen and oxygen atoms in total. The maximum Gasteiger partial charge on any atom is 0.220 e. The molecule has 180 valence electrons. The highest BCUT2D eigenvalue weighted by molar-refractivity contribution is 7.98. The van der Waals surface area contributed by atoms with Gasteiger partial charge in [0.05, 0.1) is 0 Å². The lowest BCUT2D eigenvalue weighted by molar-refractivity contribution is -0.121. The van der Waals surface area contributed by atoms with Crippen LogP contribution < -0.4 is 5.32 Å². The van der Waals surface area contributed by atoms with Crippen LogP contribution in [0.1, 0.15) is 36.2 Å². The second-order valence-corrected chi connectivity index (χ2v) is 9.48. The molecular formula is C27H26ClFN4OS. The number of rotatable bonds is 11. The van der Waals surface area contributed by atoms with E-state index in [4.69, 9.17) is 11.6 Å². The molecule has 0 unspecified atom stereocenters. The van der Waals surface area contributed by atoms with E-state index in [0.717, 1.165) is 51.4 Å². The molecule has 1 aromatic heterocycles. The predicted octanol–water partition coefficient (Wildman–Crippen LogP) is 6.38. The monoisotopic (exact) mass is 508 g/mol. The fourth-order valence-electron chi connectivity index (χ4n) is 3.63. The van der Waals surface area contributed by atoms with Gasteiger partial charge in [-0.2, -0.15) is 0 Å². The third kappa shape index (κ3) is 7.41. The van der Waals surface area contributed by atoms with Crippen molar-refractivity contribution in [1.29, 1.82) is 0 Å². The molecule has 0 aliphatic heterocycles. The van der Waals surface area contributed by atoms with Gasteiger partial charge in [-0.25, -0.2) is 4.39 Å². The van der Waals surface area contributed by atoms with E-state index in [-0.39, 0.29) is 11.7 Å². The largest absolute Gasteiger partial charge is 0.352 e. The van der Waals surface area contributed by atoms with Crippen LogP contribution in [0, 0.1) is 5.82 Å². The molecule has 0 fully saturated rings. The molecule has 35 heavy (non-hydrogen) atoms. The van der Waals surface area contributed by atoms with Gasteiger partial charge in [0.15, 0.2) is 5.16 Å². The van der Waals surface area contributed by atoms with E-state index in [1.54, 1.807) is 23.9 Å². The van der Waals surface area contributed by atoms with Gasteiger partial charge >= 0.3 is 0 Å². The normalized spacial score (nSPS) is 10.9. The minimum atomic E-state index is -0.283. The van der Waals surface area contributed by atoms with Crippen molar-refractivity contribution in [2.75, 3.05) is 0 Å². The number of hydrogen-bond acceptors (Lipinski definition) is 4. The summed E-state index contributed by atoms with van der Waals surface area (Å²) in [5.74, 6) is 1.31. The minimum absolute atomic E-state index is 0.0170. The fourth-order valence-corrected chi connectivity index (χ4v) is 4.75. The number of thioether (sulfide) groups is 1. The van der Waals surface area contributed by atoms with Crippen molar-refractivity contribution in [2.45, 2.75) is 43.1 Å². The van der Waals surface area contributed by atoms with Crippen LogP contribution in [0.2, 0.25) is 5.02 Å². The van der Waals surface area contributed by atoms with E-state index >= 15 is 0 Å². The number of benzene rings is 3. The molecule has 8 heteroatoms. The van der Waals surface area contributed by atoms with E-state index in [1.165, 1.54) is 12.1 Å². The minimum Gasteiger partial charge on any atom is -0.352 e. The Morgan fingerprint density at radius 2 is 1.74 bits per heavy atom. The van der Waals surface area contributed by atoms with E-state index in [2.05, 4.69) is 20.1 Å². The topological polar surface area (TPSA) is 59.8 Å². The lowest BCUT2D eigenvalue weighted by atomic mass is 10.1. The zero-order valence-electron chi connectivity index (χ0n) is 19.2. The zero-order valence-corrected chi connectivity index (χ0v) is 20.7. The van der Waals surface area contributed by atoms with E-state index in [1.807, 2.05) is 54.6 Å². The average molecular weight is 509 g/mol. The van der Waals surface area contributed by atoms with Gasteiger partial charge in [0, 0.05) is 35.8 Å². The number of amides is 1. The summed E-state index contributed by atoms with van der Waals surface area (Å²) < 4.78 is 15.1. The Hall–Kier alpha value is -3.16. The first kappa shape index (κ1) is 24.9. The van der Waals surface area contributed by atoms with Crippen LogP contribution in [0.25, 0.3) is 5.69 Å². The van der Waals surface area contributed by atoms with Crippen molar-refractivity contribution in [3.8, 4) is 5.69 Å². The summed E-state index contributed by atoms with van der Waals surface area (Å²) in [6.45, 7) is 0.397. The van der Waals surface area contributed by atoms with E-state index in [9.17, 15) is 9.18 Å². The molecular weight excluding hydrogens is 483 g/mol. The van der Waals surface area contributed by atoms with Crippen LogP contribution >= 0.6 is 23.4 Å². The lowest BCUT2D eigenvalue weighted by Gasteiger charge is -2.10. The van der Waals surface area contributed by atoms with Gasteiger partial charge in [-0.15, -0.1) is 10.2 Å². The number of carbonyl (C=O) groups excluding carboxylic acids is 1. The van der Waals surface area contributed by atoms with Crippen LogP contribution in [0.4, 0.5) is 4.39 Å². The molecule has 0 atom stereocenters. The Balaban J connectivity index is 1.33. The Labute approximate surface area is 213 Å². The third-order valence-electron chi connectivity index (χ3n) is 5.43. The number of carbonyl (C=O) groups is 1. The van der Waals surface area contributed by atoms with Crippen molar-refractivity contribution < 1.29 is 9.18 Å². The highest BCUT2D eigenvalue weighted by Crippen LogP contribution is 2.26. The van der Waals surface area contributed by atoms with Crippen LogP contribution in [-0.4, -0.2) is 20.7 Å². The van der Waals surface area contributed by atoms with Crippen molar-refractivity contribution in [2.24, 2.45) is 0 Å². The Morgan fingerprint density at radius 1 is 0.943 bits per heavy atom. The Bertz CT molecular complexity index is 1250. The molecule has 1 heterocycles. The van der Waals surface area contributed by atoms with Crippen molar-refractivity contribution >= 4 is 29.3 Å². The zero-order chi connectivity index (χ0) is 24.5. The molecule has 0 aliphatic rings. The van der Waals surface area contributed by atoms with Gasteiger partial charge in [0.2, 0.25) is 5.91 Å². The molecule has 1 N–H and O–H groups in total. The maximum atomic E-state index is 13.0. The summed E-state index contributed by atoms with van der Waals surface area (Å²) in [5.41, 5.74) is 3.01. The maximum absolute atomic E-state index is 13.0. The molecule has 0 radical (unpaired) electrons. The van der Waals surface area contributed by atoms with Gasteiger partial charge in [0.25, 0.3) is 0 Å². The number of nitrogens with zero attached hydrogens (tertiary/aromatic N) is 3. The summed E-state index contributed by atoms with van der Waals surface area (Å²) in [7, 11) is 0. The number of aryl methyl sites for hydroxylation is 1. The highest BCUT2D eigenvalue weighted by Gasteiger charge is 2.15. The molecule has 0 aliphatic carbocycles. The van der Waals surface area contributed by atoms with Crippen molar-refractivity contribution in [1.82, 2.24) is 20.1 Å². The first-order valence-electron chi connectivity index (χ1n) is 11.5. The van der Waals surface area contributed by atoms with Gasteiger partial charge in [-0.3, -0.25) is 9.36 Å². The SMILES string of the molecule is O=C(CCCCc1nnc(SCc2cccc(Cl)c2)n1-c1ccccc1)NCc1ccc(F)cc1. The second-order valence-electron chi connectivity index (χ2n) is 8.10. The van der Waals surface area contributed by atoms with Gasteiger partial charge in [0.1, 0.15) is 11.6 Å². The van der Waals surface area contributed by atoms with E-state index in [0.29, 0.717) is 19.4 Å². The fraction of sp³-hybridized carbons (Fsp3) is 0.222. The summed E-state index contributed by atoms with van der Waals surface area (Å²) in [5, 5.41) is 13.3. The van der Waals surface area contributed by atoms with Gasteiger partial charge < -0.3 is 5.32 Å². The molecule has 1 amide bonds. The molecule has 0 saturated carbocycles. The van der Waals surface area contributed by atoms with Crippen LogP contribution in [-0.2, 0) is 23.5 Å². The summed E-state index contributed by atoms with van der Waals surface area (Å²) in [4.78, 5) is 12.2. The van der Waals surface area contributed by atoms with Crippen molar-refractivity contribution in [3.05, 3.63) is 107 Å². The second kappa shape index (κ2) is 12.5. The summed E-state index contributed by atoms with van der Waals surface area (Å²) in [6, 6.07) is 24.0. The Morgan fingerprint density at radius 3 is 2.51 bits per heavy atom. The highest BCUT2D eigenvalue weighted by atomic mass is 35.5. The van der Waals surface area contributed by atoms with E-state index < -0.39 is 0 Å². The first-order valence-corrected chi connectivity index (χ1v) is 12.8. The molecule has 0 saturated heterocycles. The number of halogens is 2. The number of nitrogens with one attached hydrogen (secondary N) is 1. The standard InChI is InChI=1S/C27H26ClFN4OS/c28-22-8-6-7-21(17-22)19-35-27-32-31-25(33(27)24-9-2-1-3-10-24)11-4-5-12-26(34)30-18-20-13-15-23(29)16-14-20/h1-3,6-10,13-17H,4-5,11-12,18-19H2,(H,30,34). The van der Waals surface area contributed by atoms with Crippen molar-refractivity contribution in [3.63, 3.8) is 0 Å². The molecule has 4 aromatic rings. The van der Waals surface area contributed by atoms with Crippen LogP contribution in [0.15, 0.2) is 84.0 Å². The first-order chi connectivity index (χ1) is 17.1. The van der Waals surface area contributed by atoms with Crippen LogP contribution in [0.5, 0.6) is 0 Å². The van der Waals surface area contributed by atoms with Gasteiger partial charge in [-0.05, 0) is 60.4 Å². The number of aromatic nitrogens is 3. The quantitative estimate of drug-likeness (QED) is 0.188. The summed E-state index contributed by atoms with van der Waals surface area (Å²) >= 11 is 7.74. The molecule has 3 aromatic carbocycles. The molecule has 0 bridgehead atoms. The molecule has 4 rings (SSSR count). The predicted molar refractivity (Wildman–Crippen MR) is 138 cm³/mol. The number of hydrogen-bond donors (Lipinski definition) is 1. The number of unbranched alkanes of at least 4 members (excludes halogenated alkanes) is 1.